The lowest BCUT2D eigenvalue weighted by Crippen LogP contribution is -2.50. The molecule has 2 saturated heterocycles. The summed E-state index contributed by atoms with van der Waals surface area (Å²) in [6.45, 7) is 5.43. The SMILES string of the molecule is C[C@H](NC(=O)CC1COCCN1)C(=O)N1CCCCC1. The molecule has 0 radical (unpaired) electrons. The Kier molecular flexibility index (Phi) is 5.79. The summed E-state index contributed by atoms with van der Waals surface area (Å²) in [7, 11) is 0. The average molecular weight is 283 g/mol. The fourth-order valence-electron chi connectivity index (χ4n) is 2.72. The van der Waals surface area contributed by atoms with Crippen LogP contribution in [0.5, 0.6) is 0 Å². The van der Waals surface area contributed by atoms with Gasteiger partial charge in [0.15, 0.2) is 0 Å². The summed E-state index contributed by atoms with van der Waals surface area (Å²) >= 11 is 0. The summed E-state index contributed by atoms with van der Waals surface area (Å²) in [5.74, 6) is -0.0586. The number of amides is 2. The van der Waals surface area contributed by atoms with E-state index in [0.29, 0.717) is 19.6 Å². The highest BCUT2D eigenvalue weighted by Crippen LogP contribution is 2.10. The third-order valence-electron chi connectivity index (χ3n) is 3.85. The smallest absolute Gasteiger partial charge is 0.244 e. The Bertz CT molecular complexity index is 337. The highest BCUT2D eigenvalue weighted by Gasteiger charge is 2.24. The van der Waals surface area contributed by atoms with Crippen molar-refractivity contribution in [1.29, 1.82) is 0 Å². The zero-order valence-electron chi connectivity index (χ0n) is 12.2. The molecular weight excluding hydrogens is 258 g/mol. The largest absolute Gasteiger partial charge is 0.378 e. The maximum atomic E-state index is 12.2. The molecule has 2 aliphatic heterocycles. The van der Waals surface area contributed by atoms with Gasteiger partial charge in [0.1, 0.15) is 6.04 Å². The molecule has 0 aromatic carbocycles. The minimum absolute atomic E-state index is 0.0332. The van der Waals surface area contributed by atoms with Gasteiger partial charge in [-0.15, -0.1) is 0 Å². The molecule has 0 aromatic heterocycles. The van der Waals surface area contributed by atoms with Crippen molar-refractivity contribution >= 4 is 11.8 Å². The molecule has 0 spiro atoms. The van der Waals surface area contributed by atoms with Crippen LogP contribution in [0.25, 0.3) is 0 Å². The number of carbonyl (C=O) groups is 2. The third kappa shape index (κ3) is 4.45. The Labute approximate surface area is 120 Å². The summed E-state index contributed by atoms with van der Waals surface area (Å²) < 4.78 is 5.31. The lowest BCUT2D eigenvalue weighted by atomic mass is 10.1. The predicted octanol–water partition coefficient (Wildman–Crippen LogP) is -0.118. The first-order valence-corrected chi connectivity index (χ1v) is 7.56. The van der Waals surface area contributed by atoms with Gasteiger partial charge in [-0.1, -0.05) is 0 Å². The average Bonchev–Trinajstić information content (AvgIpc) is 2.48. The van der Waals surface area contributed by atoms with Crippen LogP contribution in [0.3, 0.4) is 0 Å². The van der Waals surface area contributed by atoms with E-state index in [4.69, 9.17) is 4.74 Å². The number of nitrogens with one attached hydrogen (secondary N) is 2. The van der Waals surface area contributed by atoms with Gasteiger partial charge in [0, 0.05) is 32.1 Å². The van der Waals surface area contributed by atoms with Crippen molar-refractivity contribution in [2.45, 2.75) is 44.7 Å². The summed E-state index contributed by atoms with van der Waals surface area (Å²) in [5, 5.41) is 6.03. The number of morpholine rings is 1. The van der Waals surface area contributed by atoms with E-state index in [2.05, 4.69) is 10.6 Å². The van der Waals surface area contributed by atoms with E-state index >= 15 is 0 Å². The Balaban J connectivity index is 1.73. The Morgan fingerprint density at radius 1 is 1.35 bits per heavy atom. The predicted molar refractivity (Wildman–Crippen MR) is 75.3 cm³/mol. The fraction of sp³-hybridized carbons (Fsp3) is 0.857. The molecule has 0 aliphatic carbocycles. The Morgan fingerprint density at radius 3 is 2.75 bits per heavy atom. The molecule has 114 valence electrons. The molecule has 2 heterocycles. The molecule has 6 nitrogen and oxygen atoms in total. The molecule has 2 atom stereocenters. The number of likely N-dealkylation sites (tertiary alicyclic amines) is 1. The standard InChI is InChI=1S/C14H25N3O3/c1-11(14(19)17-6-3-2-4-7-17)16-13(18)9-12-10-20-8-5-15-12/h11-12,15H,2-10H2,1H3,(H,16,18)/t11-,12?/m0/s1. The Morgan fingerprint density at radius 2 is 2.10 bits per heavy atom. The minimum Gasteiger partial charge on any atom is -0.378 e. The number of hydrogen-bond acceptors (Lipinski definition) is 4. The second kappa shape index (κ2) is 7.59. The molecule has 2 N–H and O–H groups in total. The van der Waals surface area contributed by atoms with Gasteiger partial charge in [-0.05, 0) is 26.2 Å². The third-order valence-corrected chi connectivity index (χ3v) is 3.85. The molecule has 20 heavy (non-hydrogen) atoms. The van der Waals surface area contributed by atoms with Crippen LogP contribution in [0.15, 0.2) is 0 Å². The van der Waals surface area contributed by atoms with E-state index in [1.165, 1.54) is 6.42 Å². The van der Waals surface area contributed by atoms with Gasteiger partial charge in [0.05, 0.1) is 13.2 Å². The van der Waals surface area contributed by atoms with Crippen molar-refractivity contribution < 1.29 is 14.3 Å². The van der Waals surface area contributed by atoms with Crippen molar-refractivity contribution in [2.24, 2.45) is 0 Å². The van der Waals surface area contributed by atoms with E-state index in [1.807, 2.05) is 4.90 Å². The van der Waals surface area contributed by atoms with Crippen molar-refractivity contribution in [1.82, 2.24) is 15.5 Å². The van der Waals surface area contributed by atoms with E-state index in [1.54, 1.807) is 6.92 Å². The molecule has 6 heteroatoms. The van der Waals surface area contributed by atoms with Crippen LogP contribution >= 0.6 is 0 Å². The Hall–Kier alpha value is -1.14. The molecule has 1 unspecified atom stereocenters. The number of piperidine rings is 1. The molecular formula is C14H25N3O3. The number of hydrogen-bond donors (Lipinski definition) is 2. The lowest BCUT2D eigenvalue weighted by Gasteiger charge is -2.30. The molecule has 0 bridgehead atoms. The van der Waals surface area contributed by atoms with Gasteiger partial charge in [0.25, 0.3) is 0 Å². The van der Waals surface area contributed by atoms with Gasteiger partial charge < -0.3 is 20.3 Å². The number of ether oxygens (including phenoxy) is 1. The number of nitrogens with zero attached hydrogens (tertiary/aromatic N) is 1. The monoisotopic (exact) mass is 283 g/mol. The maximum absolute atomic E-state index is 12.2. The number of carbonyl (C=O) groups excluding carboxylic acids is 2. The highest BCUT2D eigenvalue weighted by molar-refractivity contribution is 5.87. The van der Waals surface area contributed by atoms with Crippen LogP contribution in [0, 0.1) is 0 Å². The van der Waals surface area contributed by atoms with Crippen LogP contribution in [-0.2, 0) is 14.3 Å². The first-order valence-electron chi connectivity index (χ1n) is 7.56. The van der Waals surface area contributed by atoms with Crippen molar-refractivity contribution in [3.05, 3.63) is 0 Å². The quantitative estimate of drug-likeness (QED) is 0.755. The van der Waals surface area contributed by atoms with E-state index in [-0.39, 0.29) is 17.9 Å². The molecule has 2 fully saturated rings. The van der Waals surface area contributed by atoms with Crippen LogP contribution in [0.2, 0.25) is 0 Å². The van der Waals surface area contributed by atoms with E-state index in [0.717, 1.165) is 32.5 Å². The van der Waals surface area contributed by atoms with Crippen molar-refractivity contribution in [2.75, 3.05) is 32.8 Å². The molecule has 2 amide bonds. The van der Waals surface area contributed by atoms with Gasteiger partial charge in [-0.25, -0.2) is 0 Å². The normalized spacial score (nSPS) is 25.1. The van der Waals surface area contributed by atoms with Gasteiger partial charge >= 0.3 is 0 Å². The van der Waals surface area contributed by atoms with Crippen LogP contribution < -0.4 is 10.6 Å². The van der Waals surface area contributed by atoms with Crippen molar-refractivity contribution in [3.8, 4) is 0 Å². The van der Waals surface area contributed by atoms with Crippen molar-refractivity contribution in [3.63, 3.8) is 0 Å². The zero-order chi connectivity index (χ0) is 14.4. The molecule has 0 saturated carbocycles. The van der Waals surface area contributed by atoms with E-state index < -0.39 is 6.04 Å². The lowest BCUT2D eigenvalue weighted by molar-refractivity contribution is -0.137. The summed E-state index contributed by atoms with van der Waals surface area (Å²) in [4.78, 5) is 26.0. The van der Waals surface area contributed by atoms with Gasteiger partial charge in [-0.2, -0.15) is 0 Å². The zero-order valence-corrected chi connectivity index (χ0v) is 12.2. The first kappa shape index (κ1) is 15.3. The van der Waals surface area contributed by atoms with Gasteiger partial charge in [-0.3, -0.25) is 9.59 Å². The highest BCUT2D eigenvalue weighted by atomic mass is 16.5. The maximum Gasteiger partial charge on any atom is 0.244 e. The summed E-state index contributed by atoms with van der Waals surface area (Å²) in [6.07, 6.45) is 3.68. The molecule has 0 aromatic rings. The molecule has 2 rings (SSSR count). The van der Waals surface area contributed by atoms with Crippen LogP contribution in [0.1, 0.15) is 32.6 Å². The summed E-state index contributed by atoms with van der Waals surface area (Å²) in [6, 6.07) is -0.383. The second-order valence-corrected chi connectivity index (χ2v) is 5.61. The summed E-state index contributed by atoms with van der Waals surface area (Å²) in [5.41, 5.74) is 0. The molecule has 2 aliphatic rings. The topological polar surface area (TPSA) is 70.7 Å². The number of rotatable bonds is 4. The first-order chi connectivity index (χ1) is 9.66. The second-order valence-electron chi connectivity index (χ2n) is 5.61. The van der Waals surface area contributed by atoms with Crippen LogP contribution in [-0.4, -0.2) is 61.6 Å². The van der Waals surface area contributed by atoms with E-state index in [9.17, 15) is 9.59 Å². The minimum atomic E-state index is -0.440. The fourth-order valence-corrected chi connectivity index (χ4v) is 2.72. The van der Waals surface area contributed by atoms with Crippen LogP contribution in [0.4, 0.5) is 0 Å². The van der Waals surface area contributed by atoms with Gasteiger partial charge in [0.2, 0.25) is 11.8 Å².